The van der Waals surface area contributed by atoms with Gasteiger partial charge in [0.05, 0.1) is 20.5 Å². The summed E-state index contributed by atoms with van der Waals surface area (Å²) >= 11 is 0. The number of amides is 1. The van der Waals surface area contributed by atoms with Crippen LogP contribution in [0.4, 0.5) is 0 Å². The quantitative estimate of drug-likeness (QED) is 0.300. The summed E-state index contributed by atoms with van der Waals surface area (Å²) < 4.78 is 17.1. The van der Waals surface area contributed by atoms with Crippen molar-refractivity contribution in [3.63, 3.8) is 0 Å². The predicted octanol–water partition coefficient (Wildman–Crippen LogP) is 5.86. The average Bonchev–Trinajstić information content (AvgIpc) is 3.35. The maximum atomic E-state index is 13.2. The van der Waals surface area contributed by atoms with Crippen molar-refractivity contribution in [2.45, 2.75) is 13.5 Å². The number of para-hydroxylation sites is 1. The van der Waals surface area contributed by atoms with Crippen molar-refractivity contribution in [3.05, 3.63) is 90.2 Å². The Balaban J connectivity index is 1.36. The van der Waals surface area contributed by atoms with E-state index < -0.39 is 0 Å². The molecule has 1 fully saturated rings. The van der Waals surface area contributed by atoms with Crippen LogP contribution in [-0.2, 0) is 11.3 Å². The highest BCUT2D eigenvalue weighted by Gasteiger charge is 2.21. The van der Waals surface area contributed by atoms with Crippen molar-refractivity contribution >= 4 is 22.4 Å². The molecule has 0 spiro atoms. The molecule has 6 heteroatoms. The number of ether oxygens (including phenoxy) is 2. The van der Waals surface area contributed by atoms with E-state index in [4.69, 9.17) is 13.9 Å². The first kappa shape index (κ1) is 24.7. The Morgan fingerprint density at radius 2 is 1.59 bits per heavy atom. The van der Waals surface area contributed by atoms with Gasteiger partial charge in [-0.1, -0.05) is 48.5 Å². The van der Waals surface area contributed by atoms with Gasteiger partial charge in [-0.3, -0.25) is 9.69 Å². The molecule has 6 nitrogen and oxygen atoms in total. The van der Waals surface area contributed by atoms with E-state index in [1.807, 2.05) is 54.3 Å². The predicted molar refractivity (Wildman–Crippen MR) is 147 cm³/mol. The fraction of sp³-hybridized carbons (Fsp3) is 0.258. The number of hydrogen-bond acceptors (Lipinski definition) is 5. The molecule has 1 amide bonds. The minimum atomic E-state index is 0.0242. The van der Waals surface area contributed by atoms with E-state index in [0.717, 1.165) is 58.6 Å². The second-order valence-corrected chi connectivity index (χ2v) is 9.31. The van der Waals surface area contributed by atoms with Gasteiger partial charge in [0.15, 0.2) is 0 Å². The van der Waals surface area contributed by atoms with Crippen molar-refractivity contribution < 1.29 is 18.7 Å². The fourth-order valence-corrected chi connectivity index (χ4v) is 4.93. The van der Waals surface area contributed by atoms with Crippen LogP contribution >= 0.6 is 0 Å². The monoisotopic (exact) mass is 496 g/mol. The SMILES string of the molecule is COc1cc2occ(-c3ccccc3OC)c2cc1/C(C)=C/C(=O)N1CCN(Cc2ccccc2)CC1. The zero-order valence-corrected chi connectivity index (χ0v) is 21.6. The lowest BCUT2D eigenvalue weighted by molar-refractivity contribution is -0.127. The maximum absolute atomic E-state index is 13.2. The number of furan rings is 1. The largest absolute Gasteiger partial charge is 0.496 e. The maximum Gasteiger partial charge on any atom is 0.246 e. The van der Waals surface area contributed by atoms with Crippen LogP contribution in [0.5, 0.6) is 11.5 Å². The summed E-state index contributed by atoms with van der Waals surface area (Å²) in [6.07, 6.45) is 3.46. The molecule has 0 aliphatic carbocycles. The zero-order chi connectivity index (χ0) is 25.8. The topological polar surface area (TPSA) is 55.2 Å². The van der Waals surface area contributed by atoms with Crippen LogP contribution in [0.3, 0.4) is 0 Å². The van der Waals surface area contributed by atoms with Gasteiger partial charge in [0.1, 0.15) is 17.1 Å². The van der Waals surface area contributed by atoms with Crippen molar-refractivity contribution in [2.75, 3.05) is 40.4 Å². The molecule has 190 valence electrons. The molecule has 0 N–H and O–H groups in total. The molecule has 4 aromatic rings. The zero-order valence-electron chi connectivity index (χ0n) is 21.6. The summed E-state index contributed by atoms with van der Waals surface area (Å²) in [4.78, 5) is 17.5. The Morgan fingerprint density at radius 1 is 0.892 bits per heavy atom. The highest BCUT2D eigenvalue weighted by Crippen LogP contribution is 2.40. The van der Waals surface area contributed by atoms with E-state index in [0.29, 0.717) is 18.8 Å². The third-order valence-electron chi connectivity index (χ3n) is 6.99. The van der Waals surface area contributed by atoms with Crippen LogP contribution in [0.2, 0.25) is 0 Å². The second kappa shape index (κ2) is 10.9. The number of allylic oxidation sites excluding steroid dienone is 1. The molecule has 37 heavy (non-hydrogen) atoms. The van der Waals surface area contributed by atoms with Gasteiger partial charge in [0.25, 0.3) is 0 Å². The molecule has 1 aliphatic heterocycles. The number of carbonyl (C=O) groups is 1. The molecule has 0 radical (unpaired) electrons. The van der Waals surface area contributed by atoms with E-state index in [-0.39, 0.29) is 5.91 Å². The molecule has 1 aromatic heterocycles. The number of piperazine rings is 1. The highest BCUT2D eigenvalue weighted by atomic mass is 16.5. The lowest BCUT2D eigenvalue weighted by Crippen LogP contribution is -2.47. The molecular formula is C31H32N2O4. The Labute approximate surface area is 217 Å². The molecule has 0 atom stereocenters. The van der Waals surface area contributed by atoms with E-state index >= 15 is 0 Å². The van der Waals surface area contributed by atoms with Crippen LogP contribution in [-0.4, -0.2) is 56.1 Å². The van der Waals surface area contributed by atoms with E-state index in [1.54, 1.807) is 26.6 Å². The number of hydrogen-bond donors (Lipinski definition) is 0. The number of methoxy groups -OCH3 is 2. The summed E-state index contributed by atoms with van der Waals surface area (Å²) in [5.74, 6) is 1.47. The molecular weight excluding hydrogens is 464 g/mol. The van der Waals surface area contributed by atoms with Crippen LogP contribution in [0.25, 0.3) is 27.7 Å². The Hall–Kier alpha value is -4.03. The van der Waals surface area contributed by atoms with Gasteiger partial charge in [0, 0.05) is 66.9 Å². The minimum absolute atomic E-state index is 0.0242. The van der Waals surface area contributed by atoms with Gasteiger partial charge in [-0.15, -0.1) is 0 Å². The number of benzene rings is 3. The van der Waals surface area contributed by atoms with Gasteiger partial charge in [-0.05, 0) is 30.2 Å². The Kier molecular flexibility index (Phi) is 7.28. The number of nitrogens with zero attached hydrogens (tertiary/aromatic N) is 2. The van der Waals surface area contributed by atoms with Gasteiger partial charge in [-0.2, -0.15) is 0 Å². The van der Waals surface area contributed by atoms with Gasteiger partial charge in [-0.25, -0.2) is 0 Å². The third kappa shape index (κ3) is 5.25. The third-order valence-corrected chi connectivity index (χ3v) is 6.99. The van der Waals surface area contributed by atoms with Crippen LogP contribution < -0.4 is 9.47 Å². The van der Waals surface area contributed by atoms with Crippen molar-refractivity contribution in [1.29, 1.82) is 0 Å². The van der Waals surface area contributed by atoms with Crippen molar-refractivity contribution in [3.8, 4) is 22.6 Å². The van der Waals surface area contributed by atoms with Gasteiger partial charge >= 0.3 is 0 Å². The van der Waals surface area contributed by atoms with Crippen molar-refractivity contribution in [2.24, 2.45) is 0 Å². The number of carbonyl (C=O) groups excluding carboxylic acids is 1. The molecule has 2 heterocycles. The molecule has 0 bridgehead atoms. The highest BCUT2D eigenvalue weighted by molar-refractivity contribution is 6.01. The smallest absolute Gasteiger partial charge is 0.246 e. The van der Waals surface area contributed by atoms with E-state index in [9.17, 15) is 4.79 Å². The second-order valence-electron chi connectivity index (χ2n) is 9.31. The van der Waals surface area contributed by atoms with Gasteiger partial charge in [0.2, 0.25) is 5.91 Å². The molecule has 1 saturated heterocycles. The lowest BCUT2D eigenvalue weighted by Gasteiger charge is -2.34. The summed E-state index contributed by atoms with van der Waals surface area (Å²) in [6.45, 7) is 6.01. The molecule has 5 rings (SSSR count). The Morgan fingerprint density at radius 3 is 2.32 bits per heavy atom. The fourth-order valence-electron chi connectivity index (χ4n) is 4.93. The molecule has 0 saturated carbocycles. The van der Waals surface area contributed by atoms with Crippen LogP contribution in [0.1, 0.15) is 18.1 Å². The molecule has 0 unspecified atom stereocenters. The first-order valence-corrected chi connectivity index (χ1v) is 12.5. The molecule has 3 aromatic carbocycles. The molecule has 1 aliphatic rings. The van der Waals surface area contributed by atoms with Crippen LogP contribution in [0, 0.1) is 0 Å². The first-order valence-electron chi connectivity index (χ1n) is 12.5. The lowest BCUT2D eigenvalue weighted by atomic mass is 9.98. The Bertz CT molecular complexity index is 1420. The minimum Gasteiger partial charge on any atom is -0.496 e. The average molecular weight is 497 g/mol. The standard InChI is InChI=1S/C31H32N2O4/c1-22(17-31(34)33-15-13-32(14-16-33)20-23-9-5-4-6-10-23)25-18-26-27(21-37-30(26)19-29(25)36-3)24-11-7-8-12-28(24)35-2/h4-12,17-19,21H,13-16,20H2,1-3H3/b22-17+. The summed E-state index contributed by atoms with van der Waals surface area (Å²) in [5.41, 5.74) is 5.62. The summed E-state index contributed by atoms with van der Waals surface area (Å²) in [5, 5.41) is 0.940. The van der Waals surface area contributed by atoms with E-state index in [2.05, 4.69) is 29.2 Å². The summed E-state index contributed by atoms with van der Waals surface area (Å²) in [7, 11) is 3.30. The first-order chi connectivity index (χ1) is 18.1. The van der Waals surface area contributed by atoms with Crippen LogP contribution in [0.15, 0.2) is 83.5 Å². The normalized spacial score (nSPS) is 14.7. The van der Waals surface area contributed by atoms with E-state index in [1.165, 1.54) is 5.56 Å². The van der Waals surface area contributed by atoms with Gasteiger partial charge < -0.3 is 18.8 Å². The number of fused-ring (bicyclic) bond motifs is 1. The number of rotatable bonds is 7. The summed E-state index contributed by atoms with van der Waals surface area (Å²) in [6, 6.07) is 22.2. The van der Waals surface area contributed by atoms with Crippen molar-refractivity contribution in [1.82, 2.24) is 9.80 Å².